The number of nitrogens with one attached hydrogen (secondary N) is 1. The maximum absolute atomic E-state index is 5.85. The van der Waals surface area contributed by atoms with E-state index in [1.807, 2.05) is 85.2 Å². The van der Waals surface area contributed by atoms with Gasteiger partial charge in [-0.2, -0.15) is 0 Å². The number of nitrogens with two attached hydrogens (primary N) is 1. The minimum absolute atomic E-state index is 0.828. The molecule has 10 aromatic rings. The smallest absolute Gasteiger partial charge is 0.0709 e. The van der Waals surface area contributed by atoms with Gasteiger partial charge in [0.05, 0.1) is 11.4 Å². The fourth-order valence-corrected chi connectivity index (χ4v) is 8.02. The molecule has 5 heteroatoms. The molecule has 0 bridgehead atoms. The van der Waals surface area contributed by atoms with Gasteiger partial charge < -0.3 is 11.1 Å². The lowest BCUT2D eigenvalue weighted by atomic mass is 9.99. The lowest BCUT2D eigenvalue weighted by Crippen LogP contribution is -1.94. The van der Waals surface area contributed by atoms with Crippen LogP contribution in [0.3, 0.4) is 0 Å². The number of nitrogens with zero attached hydrogens (tertiary/aromatic N) is 2. The Kier molecular flexibility index (Phi) is 14.5. The molecule has 10 rings (SSSR count). The molecule has 0 radical (unpaired) electrons. The van der Waals surface area contributed by atoms with Crippen molar-refractivity contribution >= 4 is 33.0 Å². The van der Waals surface area contributed by atoms with E-state index in [0.717, 1.165) is 49.6 Å². The van der Waals surface area contributed by atoms with Crippen molar-refractivity contribution in [3.63, 3.8) is 0 Å². The van der Waals surface area contributed by atoms with Crippen LogP contribution in [0.2, 0.25) is 0 Å². The number of para-hydroxylation sites is 2. The maximum atomic E-state index is 5.85. The zero-order valence-corrected chi connectivity index (χ0v) is 38.0. The summed E-state index contributed by atoms with van der Waals surface area (Å²) in [6, 6.07) is 78.8. The first-order valence-electron chi connectivity index (χ1n) is 21.6. The number of hydrogen-bond acceptors (Lipinski definition) is 4. The van der Waals surface area contributed by atoms with Gasteiger partial charge in [-0.15, -0.1) is 0 Å². The van der Waals surface area contributed by atoms with Gasteiger partial charge in [0.15, 0.2) is 0 Å². The Morgan fingerprint density at radius 2 is 0.769 bits per heavy atom. The molecule has 4 nitrogen and oxygen atoms in total. The third kappa shape index (κ3) is 11.4. The van der Waals surface area contributed by atoms with Crippen LogP contribution in [0.15, 0.2) is 247 Å². The lowest BCUT2D eigenvalue weighted by Gasteiger charge is -2.14. The van der Waals surface area contributed by atoms with Crippen molar-refractivity contribution < 1.29 is 0 Å². The van der Waals surface area contributed by atoms with Crippen molar-refractivity contribution in [1.82, 2.24) is 9.97 Å². The molecule has 0 aliphatic heterocycles. The molecular weight excluding hydrogens is 857 g/mol. The summed E-state index contributed by atoms with van der Waals surface area (Å²) in [6.07, 6.45) is 3.90. The minimum atomic E-state index is 0.828. The van der Waals surface area contributed by atoms with Gasteiger partial charge in [0.2, 0.25) is 0 Å². The van der Waals surface area contributed by atoms with Crippen LogP contribution in [-0.4, -0.2) is 9.97 Å². The van der Waals surface area contributed by atoms with E-state index in [9.17, 15) is 0 Å². The average Bonchev–Trinajstić information content (AvgIpc) is 3.36. The molecule has 0 spiro atoms. The molecule has 3 N–H and O–H groups in total. The Morgan fingerprint density at radius 1 is 0.369 bits per heavy atom. The van der Waals surface area contributed by atoms with E-state index < -0.39 is 0 Å². The Morgan fingerprint density at radius 3 is 1.28 bits per heavy atom. The van der Waals surface area contributed by atoms with Crippen molar-refractivity contribution in [3.8, 4) is 67.0 Å². The maximum Gasteiger partial charge on any atom is 0.0709 e. The molecule has 0 saturated heterocycles. The number of aromatic nitrogens is 2. The van der Waals surface area contributed by atoms with Gasteiger partial charge in [-0.1, -0.05) is 198 Å². The predicted octanol–water partition coefficient (Wildman–Crippen LogP) is 16.6. The Bertz CT molecular complexity index is 3100. The van der Waals surface area contributed by atoms with Crippen molar-refractivity contribution in [2.24, 2.45) is 0 Å². The van der Waals surface area contributed by atoms with Crippen molar-refractivity contribution in [2.45, 2.75) is 13.8 Å². The van der Waals surface area contributed by atoms with Gasteiger partial charge in [-0.25, -0.2) is 0 Å². The van der Waals surface area contributed by atoms with Gasteiger partial charge >= 0.3 is 0 Å². The Labute approximate surface area is 391 Å². The van der Waals surface area contributed by atoms with Gasteiger partial charge in [-0.05, 0) is 107 Å². The highest BCUT2D eigenvalue weighted by atomic mass is 79.9. The van der Waals surface area contributed by atoms with Crippen LogP contribution in [0.4, 0.5) is 17.1 Å². The summed E-state index contributed by atoms with van der Waals surface area (Å²) in [4.78, 5) is 9.28. The van der Waals surface area contributed by atoms with Crippen LogP contribution < -0.4 is 11.1 Å². The van der Waals surface area contributed by atoms with E-state index >= 15 is 0 Å². The fourth-order valence-electron chi connectivity index (χ4n) is 7.62. The number of pyridine rings is 2. The standard InChI is InChI=1S/C30H24N2.C18H14BrN.C12H11N/c1-22-21-31-30(20-28(22)24-13-6-3-7-14-24)25-15-10-16-26(19-25)32-29-18-9-8-17-27(29)23-11-4-2-5-12-23;1-13-12-20-18(15-8-5-9-16(19)10-15)11-17(13)14-6-3-2-4-7-14;13-12-9-5-4-8-11(12)10-6-2-1-3-7-10/h2-21,32H,1H3;2-12H,1H3;1-9H,13H2. The highest BCUT2D eigenvalue weighted by molar-refractivity contribution is 9.10. The quantitative estimate of drug-likeness (QED) is 0.149. The second-order valence-corrected chi connectivity index (χ2v) is 16.5. The summed E-state index contributed by atoms with van der Waals surface area (Å²) >= 11 is 3.51. The number of halogens is 1. The SMILES string of the molecule is Cc1cnc(-c2cccc(Br)c2)cc1-c1ccccc1.Cc1cnc(-c2cccc(Nc3ccccc3-c3ccccc3)c2)cc1-c1ccccc1.Nc1ccccc1-c1ccccc1. The molecule has 65 heavy (non-hydrogen) atoms. The van der Waals surface area contributed by atoms with Crippen LogP contribution >= 0.6 is 15.9 Å². The van der Waals surface area contributed by atoms with E-state index in [0.29, 0.717) is 0 Å². The molecule has 0 amide bonds. The van der Waals surface area contributed by atoms with E-state index in [2.05, 4.69) is 198 Å². The van der Waals surface area contributed by atoms with E-state index in [1.165, 1.54) is 50.1 Å². The van der Waals surface area contributed by atoms with Gasteiger partial charge in [-0.3, -0.25) is 9.97 Å². The third-order valence-electron chi connectivity index (χ3n) is 11.0. The number of hydrogen-bond donors (Lipinski definition) is 2. The van der Waals surface area contributed by atoms with Gasteiger partial charge in [0.1, 0.15) is 0 Å². The normalized spacial score (nSPS) is 10.4. The summed E-state index contributed by atoms with van der Waals surface area (Å²) in [7, 11) is 0. The van der Waals surface area contributed by atoms with Crippen LogP contribution in [0.1, 0.15) is 11.1 Å². The van der Waals surface area contributed by atoms with Crippen LogP contribution in [0.5, 0.6) is 0 Å². The monoisotopic (exact) mass is 904 g/mol. The summed E-state index contributed by atoms with van der Waals surface area (Å²) in [5.74, 6) is 0. The molecule has 8 aromatic carbocycles. The second-order valence-electron chi connectivity index (χ2n) is 15.6. The van der Waals surface area contributed by atoms with Gasteiger partial charge in [0.25, 0.3) is 0 Å². The van der Waals surface area contributed by atoms with E-state index in [1.54, 1.807) is 0 Å². The molecule has 2 heterocycles. The summed E-state index contributed by atoms with van der Waals surface area (Å²) < 4.78 is 1.07. The third-order valence-corrected chi connectivity index (χ3v) is 11.5. The number of nitrogen functional groups attached to an aromatic ring is 1. The number of benzene rings is 8. The van der Waals surface area contributed by atoms with Crippen molar-refractivity contribution in [1.29, 1.82) is 0 Å². The summed E-state index contributed by atoms with van der Waals surface area (Å²) in [5, 5.41) is 3.61. The first-order valence-corrected chi connectivity index (χ1v) is 22.4. The molecule has 0 aliphatic rings. The first-order chi connectivity index (χ1) is 31.9. The van der Waals surface area contributed by atoms with Gasteiger partial charge in [0, 0.05) is 56.2 Å². The lowest BCUT2D eigenvalue weighted by molar-refractivity contribution is 1.27. The number of anilines is 3. The molecule has 2 aromatic heterocycles. The molecule has 0 saturated carbocycles. The van der Waals surface area contributed by atoms with Crippen LogP contribution in [-0.2, 0) is 0 Å². The Hall–Kier alpha value is -7.86. The summed E-state index contributed by atoms with van der Waals surface area (Å²) in [6.45, 7) is 4.21. The first kappa shape index (κ1) is 43.8. The molecule has 0 atom stereocenters. The van der Waals surface area contributed by atoms with E-state index in [-0.39, 0.29) is 0 Å². The predicted molar refractivity (Wildman–Crippen MR) is 279 cm³/mol. The topological polar surface area (TPSA) is 63.8 Å². The van der Waals surface area contributed by atoms with Crippen LogP contribution in [0, 0.1) is 13.8 Å². The van der Waals surface area contributed by atoms with Crippen molar-refractivity contribution in [3.05, 3.63) is 259 Å². The number of aryl methyl sites for hydroxylation is 2. The second kappa shape index (κ2) is 21.5. The number of rotatable bonds is 8. The molecular formula is C60H49BrN4. The van der Waals surface area contributed by atoms with E-state index in [4.69, 9.17) is 10.7 Å². The zero-order chi connectivity index (χ0) is 44.8. The zero-order valence-electron chi connectivity index (χ0n) is 36.4. The largest absolute Gasteiger partial charge is 0.398 e. The van der Waals surface area contributed by atoms with Crippen molar-refractivity contribution in [2.75, 3.05) is 11.1 Å². The van der Waals surface area contributed by atoms with Crippen LogP contribution in [0.25, 0.3) is 67.0 Å². The highest BCUT2D eigenvalue weighted by Crippen LogP contribution is 2.33. The molecule has 0 unspecified atom stereocenters. The molecule has 0 aliphatic carbocycles. The highest BCUT2D eigenvalue weighted by Gasteiger charge is 2.10. The average molecular weight is 906 g/mol. The molecule has 316 valence electrons. The Balaban J connectivity index is 0.000000148. The minimum Gasteiger partial charge on any atom is -0.398 e. The molecule has 0 fully saturated rings. The summed E-state index contributed by atoms with van der Waals surface area (Å²) in [5.41, 5.74) is 24.8. The fraction of sp³-hybridized carbons (Fsp3) is 0.0333.